The number of hydrogen-bond acceptors (Lipinski definition) is 2. The normalized spacial score (nSPS) is 10.9. The zero-order valence-corrected chi connectivity index (χ0v) is 10.4. The van der Waals surface area contributed by atoms with E-state index in [-0.39, 0.29) is 0 Å². The van der Waals surface area contributed by atoms with E-state index >= 15 is 0 Å². The molecule has 0 fully saturated rings. The van der Waals surface area contributed by atoms with Gasteiger partial charge < -0.3 is 4.57 Å². The second-order valence-electron chi connectivity index (χ2n) is 4.45. The van der Waals surface area contributed by atoms with Crippen LogP contribution < -0.4 is 0 Å². The lowest BCUT2D eigenvalue weighted by atomic mass is 10.1. The number of rotatable bonds is 3. The molecule has 0 amide bonds. The van der Waals surface area contributed by atoms with Gasteiger partial charge in [-0.15, -0.1) is 0 Å². The Balaban J connectivity index is 1.81. The minimum Gasteiger partial charge on any atom is -0.338 e. The Bertz CT molecular complexity index is 670. The second kappa shape index (κ2) is 4.61. The Morgan fingerprint density at radius 2 is 1.94 bits per heavy atom. The fourth-order valence-electron chi connectivity index (χ4n) is 2.12. The Hall–Kier alpha value is -2.16. The molecule has 0 aliphatic heterocycles. The van der Waals surface area contributed by atoms with E-state index in [9.17, 15) is 0 Å². The van der Waals surface area contributed by atoms with Crippen LogP contribution in [-0.2, 0) is 19.9 Å². The molecule has 0 bridgehead atoms. The summed E-state index contributed by atoms with van der Waals surface area (Å²) in [6.07, 6.45) is 5.66. The molecule has 90 valence electrons. The molecule has 0 aliphatic rings. The minimum atomic E-state index is 0.925. The summed E-state index contributed by atoms with van der Waals surface area (Å²) >= 11 is 0. The van der Waals surface area contributed by atoms with Crippen molar-refractivity contribution >= 4 is 10.9 Å². The highest BCUT2D eigenvalue weighted by Gasteiger charge is 2.02. The first kappa shape index (κ1) is 11.0. The summed E-state index contributed by atoms with van der Waals surface area (Å²) in [7, 11) is 2.02. The van der Waals surface area contributed by atoms with Gasteiger partial charge in [-0.25, -0.2) is 4.98 Å². The van der Waals surface area contributed by atoms with Crippen molar-refractivity contribution in [2.45, 2.75) is 12.8 Å². The highest BCUT2D eigenvalue weighted by atomic mass is 15.0. The lowest BCUT2D eigenvalue weighted by molar-refractivity contribution is 0.763. The van der Waals surface area contributed by atoms with E-state index in [1.54, 1.807) is 0 Å². The van der Waals surface area contributed by atoms with Crippen molar-refractivity contribution in [2.24, 2.45) is 7.05 Å². The summed E-state index contributed by atoms with van der Waals surface area (Å²) in [5.41, 5.74) is 2.19. The van der Waals surface area contributed by atoms with Gasteiger partial charge in [-0.3, -0.25) is 4.98 Å². The van der Waals surface area contributed by atoms with Gasteiger partial charge >= 0.3 is 0 Å². The largest absolute Gasteiger partial charge is 0.338 e. The third kappa shape index (κ3) is 2.12. The van der Waals surface area contributed by atoms with E-state index in [4.69, 9.17) is 0 Å². The molecule has 0 radical (unpaired) electrons. The first-order chi connectivity index (χ1) is 8.83. The van der Waals surface area contributed by atoms with Crippen LogP contribution in [0.3, 0.4) is 0 Å². The molecule has 3 rings (SSSR count). The molecule has 3 heteroatoms. The average Bonchev–Trinajstić information content (AvgIpc) is 2.82. The molecule has 0 unspecified atom stereocenters. The van der Waals surface area contributed by atoms with Gasteiger partial charge in [0.2, 0.25) is 0 Å². The fraction of sp³-hybridized carbons (Fsp3) is 0.200. The first-order valence-corrected chi connectivity index (χ1v) is 6.14. The van der Waals surface area contributed by atoms with E-state index in [1.807, 2.05) is 31.6 Å². The monoisotopic (exact) mass is 237 g/mol. The Kier molecular flexibility index (Phi) is 2.81. The third-order valence-electron chi connectivity index (χ3n) is 3.18. The molecular weight excluding hydrogens is 222 g/mol. The number of fused-ring (bicyclic) bond motifs is 1. The van der Waals surface area contributed by atoms with Gasteiger partial charge in [-0.1, -0.05) is 24.3 Å². The van der Waals surface area contributed by atoms with E-state index < -0.39 is 0 Å². The molecule has 3 nitrogen and oxygen atoms in total. The summed E-state index contributed by atoms with van der Waals surface area (Å²) in [5.74, 6) is 1.10. The topological polar surface area (TPSA) is 30.7 Å². The van der Waals surface area contributed by atoms with Crippen molar-refractivity contribution in [3.63, 3.8) is 0 Å². The zero-order chi connectivity index (χ0) is 12.4. The molecule has 3 aromatic rings. The molecule has 1 aromatic carbocycles. The van der Waals surface area contributed by atoms with Gasteiger partial charge in [0.1, 0.15) is 5.82 Å². The molecule has 18 heavy (non-hydrogen) atoms. The summed E-state index contributed by atoms with van der Waals surface area (Å²) in [6, 6.07) is 12.4. The number of aromatic nitrogens is 3. The van der Waals surface area contributed by atoms with Crippen LogP contribution in [0.1, 0.15) is 11.5 Å². The zero-order valence-electron chi connectivity index (χ0n) is 10.4. The van der Waals surface area contributed by atoms with E-state index in [1.165, 1.54) is 5.39 Å². The SMILES string of the molecule is Cn1ccnc1CCc1ccc2ccccc2n1. The second-order valence-corrected chi connectivity index (χ2v) is 4.45. The lowest BCUT2D eigenvalue weighted by Crippen LogP contribution is -2.01. The maximum Gasteiger partial charge on any atom is 0.108 e. The summed E-state index contributed by atoms with van der Waals surface area (Å²) < 4.78 is 2.06. The molecular formula is C15H15N3. The Labute approximate surface area is 106 Å². The van der Waals surface area contributed by atoms with Crippen molar-refractivity contribution in [1.82, 2.24) is 14.5 Å². The third-order valence-corrected chi connectivity index (χ3v) is 3.18. The van der Waals surface area contributed by atoms with Crippen molar-refractivity contribution < 1.29 is 0 Å². The maximum atomic E-state index is 4.67. The molecule has 2 aromatic heterocycles. The van der Waals surface area contributed by atoms with Crippen LogP contribution >= 0.6 is 0 Å². The first-order valence-electron chi connectivity index (χ1n) is 6.14. The number of para-hydroxylation sites is 1. The number of benzene rings is 1. The van der Waals surface area contributed by atoms with Crippen LogP contribution in [0.25, 0.3) is 10.9 Å². The molecule has 0 aliphatic carbocycles. The van der Waals surface area contributed by atoms with Gasteiger partial charge in [0.05, 0.1) is 5.52 Å². The van der Waals surface area contributed by atoms with Crippen molar-refractivity contribution in [1.29, 1.82) is 0 Å². The van der Waals surface area contributed by atoms with Crippen LogP contribution in [0.15, 0.2) is 48.8 Å². The van der Waals surface area contributed by atoms with Crippen LogP contribution in [-0.4, -0.2) is 14.5 Å². The standard InChI is InChI=1S/C15H15N3/c1-18-11-10-16-15(18)9-8-13-7-6-12-4-2-3-5-14(12)17-13/h2-7,10-11H,8-9H2,1H3. The number of aryl methyl sites for hydroxylation is 3. The van der Waals surface area contributed by atoms with E-state index in [0.717, 1.165) is 29.9 Å². The number of nitrogens with zero attached hydrogens (tertiary/aromatic N) is 3. The fourth-order valence-corrected chi connectivity index (χ4v) is 2.12. The van der Waals surface area contributed by atoms with Gasteiger partial charge in [0.15, 0.2) is 0 Å². The van der Waals surface area contributed by atoms with Crippen molar-refractivity contribution in [2.75, 3.05) is 0 Å². The summed E-state index contributed by atoms with van der Waals surface area (Å²) in [6.45, 7) is 0. The van der Waals surface area contributed by atoms with Crippen molar-refractivity contribution in [3.8, 4) is 0 Å². The van der Waals surface area contributed by atoms with Crippen LogP contribution in [0.2, 0.25) is 0 Å². The van der Waals surface area contributed by atoms with Crippen molar-refractivity contribution in [3.05, 3.63) is 60.3 Å². The average molecular weight is 237 g/mol. The summed E-state index contributed by atoms with van der Waals surface area (Å²) in [5, 5.41) is 1.19. The predicted molar refractivity (Wildman–Crippen MR) is 72.4 cm³/mol. The maximum absolute atomic E-state index is 4.67. The Morgan fingerprint density at radius 1 is 1.06 bits per heavy atom. The highest BCUT2D eigenvalue weighted by Crippen LogP contribution is 2.13. The quantitative estimate of drug-likeness (QED) is 0.701. The minimum absolute atomic E-state index is 0.925. The molecule has 0 saturated heterocycles. The molecule has 0 spiro atoms. The van der Waals surface area contributed by atoms with Crippen LogP contribution in [0, 0.1) is 0 Å². The van der Waals surface area contributed by atoms with E-state index in [0.29, 0.717) is 0 Å². The van der Waals surface area contributed by atoms with Gasteiger partial charge in [-0.05, 0) is 18.6 Å². The summed E-state index contributed by atoms with van der Waals surface area (Å²) in [4.78, 5) is 9.00. The van der Waals surface area contributed by atoms with Crippen LogP contribution in [0.4, 0.5) is 0 Å². The number of hydrogen-bond donors (Lipinski definition) is 0. The molecule has 0 N–H and O–H groups in total. The van der Waals surface area contributed by atoms with E-state index in [2.05, 4.69) is 38.8 Å². The molecule has 0 saturated carbocycles. The smallest absolute Gasteiger partial charge is 0.108 e. The predicted octanol–water partition coefficient (Wildman–Crippen LogP) is 2.75. The highest BCUT2D eigenvalue weighted by molar-refractivity contribution is 5.78. The van der Waals surface area contributed by atoms with Crippen LogP contribution in [0.5, 0.6) is 0 Å². The number of imidazole rings is 1. The molecule has 2 heterocycles. The van der Waals surface area contributed by atoms with Gasteiger partial charge in [-0.2, -0.15) is 0 Å². The lowest BCUT2D eigenvalue weighted by Gasteiger charge is -2.03. The Morgan fingerprint density at radius 3 is 2.78 bits per heavy atom. The van der Waals surface area contributed by atoms with Gasteiger partial charge in [0.25, 0.3) is 0 Å². The molecule has 0 atom stereocenters. The van der Waals surface area contributed by atoms with Gasteiger partial charge in [0, 0.05) is 36.9 Å². The number of pyridine rings is 1.